The van der Waals surface area contributed by atoms with Crippen LogP contribution in [0.1, 0.15) is 26.3 Å². The molecule has 0 amide bonds. The maximum atomic E-state index is 11.9. The monoisotopic (exact) mass is 274 g/mol. The van der Waals surface area contributed by atoms with Gasteiger partial charge in [0.1, 0.15) is 6.61 Å². The van der Waals surface area contributed by atoms with Crippen molar-refractivity contribution < 1.29 is 14.3 Å². The lowest BCUT2D eigenvalue weighted by Crippen LogP contribution is -2.16. The molecule has 3 nitrogen and oxygen atoms in total. The van der Waals surface area contributed by atoms with Crippen LogP contribution in [0.2, 0.25) is 0 Å². The molecule has 0 saturated heterocycles. The van der Waals surface area contributed by atoms with E-state index in [0.29, 0.717) is 13.0 Å². The molecule has 20 heavy (non-hydrogen) atoms. The number of carbonyl (C=O) groups excluding carboxylic acids is 1. The lowest BCUT2D eigenvalue weighted by atomic mass is 10.1. The van der Waals surface area contributed by atoms with Gasteiger partial charge in [0.2, 0.25) is 5.76 Å². The van der Waals surface area contributed by atoms with Gasteiger partial charge >= 0.3 is 5.97 Å². The molecule has 0 aliphatic carbocycles. The summed E-state index contributed by atoms with van der Waals surface area (Å²) in [6.07, 6.45) is 2.21. The van der Waals surface area contributed by atoms with Crippen LogP contribution in [0.25, 0.3) is 0 Å². The van der Waals surface area contributed by atoms with Gasteiger partial charge in [-0.05, 0) is 44.4 Å². The molecule has 1 aromatic rings. The summed E-state index contributed by atoms with van der Waals surface area (Å²) < 4.78 is 10.6. The molecule has 0 atom stereocenters. The predicted octanol–water partition coefficient (Wildman–Crippen LogP) is 3.66. The molecular formula is C17H22O3. The highest BCUT2D eigenvalue weighted by Gasteiger charge is 2.14. The van der Waals surface area contributed by atoms with Crippen molar-refractivity contribution in [1.82, 2.24) is 0 Å². The Morgan fingerprint density at radius 1 is 1.30 bits per heavy atom. The Morgan fingerprint density at radius 2 is 1.95 bits per heavy atom. The molecule has 0 bridgehead atoms. The van der Waals surface area contributed by atoms with Gasteiger partial charge in [-0.1, -0.05) is 36.9 Å². The molecule has 1 rings (SSSR count). The lowest BCUT2D eigenvalue weighted by molar-refractivity contribution is -0.146. The van der Waals surface area contributed by atoms with Gasteiger partial charge in [-0.25, -0.2) is 4.79 Å². The van der Waals surface area contributed by atoms with E-state index in [2.05, 4.69) is 6.58 Å². The largest absolute Gasteiger partial charge is 0.482 e. The van der Waals surface area contributed by atoms with E-state index < -0.39 is 5.97 Å². The van der Waals surface area contributed by atoms with E-state index in [0.717, 1.165) is 11.1 Å². The summed E-state index contributed by atoms with van der Waals surface area (Å²) in [5.74, 6) is -0.192. The molecule has 108 valence electrons. The second-order valence-electron chi connectivity index (χ2n) is 4.96. The SMILES string of the molecule is C=C(C)CO/C(=C/Cc1ccccc1)C(=O)OC(C)C. The third-order valence-electron chi connectivity index (χ3n) is 2.38. The third-order valence-corrected chi connectivity index (χ3v) is 2.38. The molecule has 0 spiro atoms. The van der Waals surface area contributed by atoms with Crippen LogP contribution in [0, 0.1) is 0 Å². The van der Waals surface area contributed by atoms with Crippen LogP contribution in [-0.4, -0.2) is 18.7 Å². The van der Waals surface area contributed by atoms with Gasteiger partial charge in [-0.15, -0.1) is 0 Å². The average Bonchev–Trinajstić information content (AvgIpc) is 2.38. The summed E-state index contributed by atoms with van der Waals surface area (Å²) in [7, 11) is 0. The highest BCUT2D eigenvalue weighted by molar-refractivity contribution is 5.86. The van der Waals surface area contributed by atoms with E-state index in [-0.39, 0.29) is 11.9 Å². The Bertz CT molecular complexity index is 472. The zero-order valence-corrected chi connectivity index (χ0v) is 12.4. The number of carbonyl (C=O) groups is 1. The first-order valence-corrected chi connectivity index (χ1v) is 6.71. The Morgan fingerprint density at radius 3 is 2.50 bits per heavy atom. The van der Waals surface area contributed by atoms with Gasteiger partial charge in [0.05, 0.1) is 6.10 Å². The minimum absolute atomic E-state index is 0.170. The molecular weight excluding hydrogens is 252 g/mol. The number of rotatable bonds is 7. The third kappa shape index (κ3) is 6.23. The summed E-state index contributed by atoms with van der Waals surface area (Å²) in [5, 5.41) is 0. The van der Waals surface area contributed by atoms with Crippen LogP contribution in [-0.2, 0) is 20.7 Å². The Labute approximate surface area is 120 Å². The number of hydrogen-bond acceptors (Lipinski definition) is 3. The molecule has 1 aromatic carbocycles. The van der Waals surface area contributed by atoms with E-state index in [4.69, 9.17) is 9.47 Å². The summed E-state index contributed by atoms with van der Waals surface area (Å²) in [4.78, 5) is 11.9. The van der Waals surface area contributed by atoms with Crippen LogP contribution in [0.5, 0.6) is 0 Å². The van der Waals surface area contributed by atoms with E-state index in [1.807, 2.05) is 51.1 Å². The molecule has 0 saturated carbocycles. The maximum absolute atomic E-state index is 11.9. The Balaban J connectivity index is 2.74. The first-order valence-electron chi connectivity index (χ1n) is 6.71. The van der Waals surface area contributed by atoms with Gasteiger partial charge < -0.3 is 9.47 Å². The van der Waals surface area contributed by atoms with Crippen LogP contribution in [0.3, 0.4) is 0 Å². The Hall–Kier alpha value is -2.03. The molecule has 0 radical (unpaired) electrons. The van der Waals surface area contributed by atoms with Crippen LogP contribution >= 0.6 is 0 Å². The predicted molar refractivity (Wildman–Crippen MR) is 80.2 cm³/mol. The number of hydrogen-bond donors (Lipinski definition) is 0. The first-order chi connectivity index (χ1) is 9.49. The van der Waals surface area contributed by atoms with Gasteiger partial charge in [-0.3, -0.25) is 0 Å². The summed E-state index contributed by atoms with van der Waals surface area (Å²) in [5.41, 5.74) is 1.97. The minimum atomic E-state index is -0.433. The van der Waals surface area contributed by atoms with Crippen molar-refractivity contribution in [3.05, 3.63) is 59.9 Å². The lowest BCUT2D eigenvalue weighted by Gasteiger charge is -2.12. The molecule has 0 aromatic heterocycles. The van der Waals surface area contributed by atoms with Gasteiger partial charge in [0, 0.05) is 0 Å². The maximum Gasteiger partial charge on any atom is 0.373 e. The van der Waals surface area contributed by atoms with Crippen molar-refractivity contribution in [3.8, 4) is 0 Å². The molecule has 0 fully saturated rings. The van der Waals surface area contributed by atoms with Crippen molar-refractivity contribution in [2.75, 3.05) is 6.61 Å². The first kappa shape index (κ1) is 16.0. The second-order valence-corrected chi connectivity index (χ2v) is 4.96. The number of benzene rings is 1. The average molecular weight is 274 g/mol. The molecule has 0 aliphatic heterocycles. The van der Waals surface area contributed by atoms with E-state index in [1.165, 1.54) is 0 Å². The van der Waals surface area contributed by atoms with E-state index >= 15 is 0 Å². The highest BCUT2D eigenvalue weighted by Crippen LogP contribution is 2.09. The molecule has 3 heteroatoms. The fourth-order valence-corrected chi connectivity index (χ4v) is 1.50. The zero-order chi connectivity index (χ0) is 15.0. The zero-order valence-electron chi connectivity index (χ0n) is 12.4. The molecule has 0 N–H and O–H groups in total. The minimum Gasteiger partial charge on any atom is -0.482 e. The van der Waals surface area contributed by atoms with Crippen LogP contribution in [0.4, 0.5) is 0 Å². The van der Waals surface area contributed by atoms with Crippen molar-refractivity contribution in [3.63, 3.8) is 0 Å². The van der Waals surface area contributed by atoms with Gasteiger partial charge in [0.25, 0.3) is 0 Å². The van der Waals surface area contributed by atoms with E-state index in [9.17, 15) is 4.79 Å². The summed E-state index contributed by atoms with van der Waals surface area (Å²) in [6.45, 7) is 9.55. The number of allylic oxidation sites excluding steroid dienone is 1. The summed E-state index contributed by atoms with van der Waals surface area (Å²) in [6, 6.07) is 9.88. The van der Waals surface area contributed by atoms with Crippen molar-refractivity contribution >= 4 is 5.97 Å². The van der Waals surface area contributed by atoms with Gasteiger partial charge in [-0.2, -0.15) is 0 Å². The number of ether oxygens (including phenoxy) is 2. The van der Waals surface area contributed by atoms with Crippen molar-refractivity contribution in [2.45, 2.75) is 33.3 Å². The molecule has 0 unspecified atom stereocenters. The molecule has 0 heterocycles. The highest BCUT2D eigenvalue weighted by atomic mass is 16.6. The normalized spacial score (nSPS) is 11.3. The van der Waals surface area contributed by atoms with E-state index in [1.54, 1.807) is 6.08 Å². The smallest absolute Gasteiger partial charge is 0.373 e. The second kappa shape index (κ2) is 8.20. The van der Waals surface area contributed by atoms with Crippen LogP contribution < -0.4 is 0 Å². The fraction of sp³-hybridized carbons (Fsp3) is 0.353. The molecule has 0 aliphatic rings. The topological polar surface area (TPSA) is 35.5 Å². The van der Waals surface area contributed by atoms with Gasteiger partial charge in [0.15, 0.2) is 0 Å². The van der Waals surface area contributed by atoms with Crippen LogP contribution in [0.15, 0.2) is 54.3 Å². The standard InChI is InChI=1S/C17H22O3/c1-13(2)12-19-16(17(18)20-14(3)4)11-10-15-8-6-5-7-9-15/h5-9,11,14H,1,10,12H2,2-4H3/b16-11+. The Kier molecular flexibility index (Phi) is 6.57. The summed E-state index contributed by atoms with van der Waals surface area (Å²) >= 11 is 0. The van der Waals surface area contributed by atoms with Crippen molar-refractivity contribution in [1.29, 1.82) is 0 Å². The fourth-order valence-electron chi connectivity index (χ4n) is 1.50. The number of esters is 1. The quantitative estimate of drug-likeness (QED) is 0.329. The van der Waals surface area contributed by atoms with Crippen molar-refractivity contribution in [2.24, 2.45) is 0 Å².